The van der Waals surface area contributed by atoms with Crippen molar-refractivity contribution >= 4 is 42.3 Å². The second-order valence-corrected chi connectivity index (χ2v) is 25.7. The van der Waals surface area contributed by atoms with Gasteiger partial charge in [-0.1, -0.05) is 0 Å². The Morgan fingerprint density at radius 3 is 1.39 bits per heavy atom. The zero-order valence-corrected chi connectivity index (χ0v) is 27.0. The van der Waals surface area contributed by atoms with Crippen molar-refractivity contribution in [3.05, 3.63) is 136 Å². The Balaban J connectivity index is 2.20. The summed E-state index contributed by atoms with van der Waals surface area (Å²) in [6.07, 6.45) is 2.56. The number of hydrogen-bond acceptors (Lipinski definition) is 0. The third-order valence-corrected chi connectivity index (χ3v) is 23.7. The Kier molecular flexibility index (Phi) is 8.91. The number of rotatable bonds is 5. The van der Waals surface area contributed by atoms with Crippen LogP contribution in [0.2, 0.25) is 8.55 Å². The summed E-state index contributed by atoms with van der Waals surface area (Å²) >= 11 is -5.17. The number of benzene rings is 4. The van der Waals surface area contributed by atoms with Gasteiger partial charge in [0.15, 0.2) is 0 Å². The van der Waals surface area contributed by atoms with Crippen molar-refractivity contribution in [3.63, 3.8) is 0 Å². The van der Waals surface area contributed by atoms with E-state index < -0.39 is 27.4 Å². The van der Waals surface area contributed by atoms with E-state index >= 15 is 0 Å². The second-order valence-electron chi connectivity index (χ2n) is 12.3. The summed E-state index contributed by atoms with van der Waals surface area (Å²) in [5, 5.41) is 0. The Bertz CT molecular complexity index is 1350. The molecule has 4 aromatic rings. The summed E-state index contributed by atoms with van der Waals surface area (Å²) in [6.45, 7) is 14.8. The molecule has 0 fully saturated rings. The van der Waals surface area contributed by atoms with Gasteiger partial charge in [-0.25, -0.2) is 0 Å². The molecule has 0 unspecified atom stereocenters. The Hall–Kier alpha value is -2.74. The molecule has 0 aromatic heterocycles. The average molecular weight is 571 g/mol. The molecule has 0 N–H and O–H groups in total. The van der Waals surface area contributed by atoms with Gasteiger partial charge in [0.2, 0.25) is 0 Å². The molecule has 0 bridgehead atoms. The summed E-state index contributed by atoms with van der Waals surface area (Å²) in [5.41, 5.74) is 2.36. The zero-order chi connectivity index (χ0) is 27.2. The second kappa shape index (κ2) is 12.0. The average Bonchev–Trinajstić information content (AvgIpc) is 2.90. The van der Waals surface area contributed by atoms with E-state index in [4.69, 9.17) is 0 Å². The van der Waals surface area contributed by atoms with E-state index in [1.165, 1.54) is 14.4 Å². The Morgan fingerprint density at radius 1 is 0.579 bits per heavy atom. The minimum atomic E-state index is -3.52. The zero-order valence-electron chi connectivity index (χ0n) is 23.7. The molecular weight excluding hydrogens is 532 g/mol. The summed E-state index contributed by atoms with van der Waals surface area (Å²) in [6, 6.07) is 43.9. The molecule has 0 saturated heterocycles. The summed E-state index contributed by atoms with van der Waals surface area (Å²) < 4.78 is 8.95. The Morgan fingerprint density at radius 2 is 0.974 bits per heavy atom. The monoisotopic (exact) mass is 572 g/mol. The first-order valence-corrected chi connectivity index (χ1v) is 19.5. The van der Waals surface area contributed by atoms with Gasteiger partial charge in [0, 0.05) is 0 Å². The van der Waals surface area contributed by atoms with E-state index in [-0.39, 0.29) is 8.55 Å². The molecule has 0 spiro atoms. The molecule has 190 valence electrons. The molecule has 0 amide bonds. The van der Waals surface area contributed by atoms with Gasteiger partial charge in [-0.15, -0.1) is 0 Å². The molecule has 38 heavy (non-hydrogen) atoms. The van der Waals surface area contributed by atoms with Crippen LogP contribution in [0.4, 0.5) is 0 Å². The molecule has 0 atom stereocenters. The van der Waals surface area contributed by atoms with Crippen LogP contribution in [-0.2, 0) is 0 Å². The molecule has 0 aliphatic carbocycles. The van der Waals surface area contributed by atoms with Gasteiger partial charge < -0.3 is 0 Å². The predicted octanol–water partition coefficient (Wildman–Crippen LogP) is 8.10. The predicted molar refractivity (Wildman–Crippen MR) is 171 cm³/mol. The van der Waals surface area contributed by atoms with E-state index in [2.05, 4.69) is 180 Å². The van der Waals surface area contributed by atoms with E-state index in [1.54, 1.807) is 3.27 Å². The third kappa shape index (κ3) is 6.45. The normalized spacial score (nSPS) is 12.4. The van der Waals surface area contributed by atoms with Crippen molar-refractivity contribution in [2.24, 2.45) is 0 Å². The van der Waals surface area contributed by atoms with Crippen LogP contribution >= 0.6 is 0 Å². The first-order chi connectivity index (χ1) is 18.1. The topological polar surface area (TPSA) is 0 Å². The van der Waals surface area contributed by atoms with Crippen LogP contribution in [0.3, 0.4) is 0 Å². The van der Waals surface area contributed by atoms with Crippen LogP contribution in [0, 0.1) is 10.7 Å². The van der Waals surface area contributed by atoms with Crippen molar-refractivity contribution in [3.8, 4) is 10.7 Å². The minimum absolute atomic E-state index is 0.174. The number of hydrogen-bond donors (Lipinski definition) is 0. The maximum absolute atomic E-state index is 4.13. The van der Waals surface area contributed by atoms with Crippen LogP contribution in [0.1, 0.15) is 52.7 Å². The van der Waals surface area contributed by atoms with Gasteiger partial charge in [-0.3, -0.25) is 0 Å². The van der Waals surface area contributed by atoms with Crippen molar-refractivity contribution in [1.82, 2.24) is 0 Å². The van der Waals surface area contributed by atoms with Gasteiger partial charge in [-0.05, 0) is 0 Å². The van der Waals surface area contributed by atoms with Gasteiger partial charge >= 0.3 is 239 Å². The fourth-order valence-electron chi connectivity index (χ4n) is 6.15. The fraction of sp³-hybridized carbons (Fsp3) is 0.222. The SMILES string of the molecule is C[C](C)(C)[Al](/[C](=C\c1ccccc1)[Ge]([C]#Cc1ccccc1)([c]1ccccc1)[c]1ccccc1)[C](C)(C)C. The summed E-state index contributed by atoms with van der Waals surface area (Å²) in [7, 11) is 0. The van der Waals surface area contributed by atoms with Gasteiger partial charge in [-0.2, -0.15) is 0 Å². The first kappa shape index (κ1) is 28.3. The first-order valence-electron chi connectivity index (χ1n) is 13.6. The molecule has 4 rings (SSSR count). The summed E-state index contributed by atoms with van der Waals surface area (Å²) in [4.78, 5) is 0. The molecule has 0 heterocycles. The van der Waals surface area contributed by atoms with E-state index in [0.717, 1.165) is 5.56 Å². The molecule has 0 radical (unpaired) electrons. The van der Waals surface area contributed by atoms with Gasteiger partial charge in [0.05, 0.1) is 0 Å². The molecule has 0 saturated carbocycles. The Labute approximate surface area is 237 Å². The molecule has 0 aliphatic rings. The van der Waals surface area contributed by atoms with E-state index in [0.29, 0.717) is 0 Å². The standard InChI is InChI=1S/C28H21Ge.2C4H9.Al/c1-5-13-25(14-6-1)21-23-29(27-17-9-3-10-18-27,28-19-11-4-12-20-28)24-22-26-15-7-2-8-16-26;2*1-4(2)3;/h1-21H;2*1-3H3;. The molecule has 2 heteroatoms. The summed E-state index contributed by atoms with van der Waals surface area (Å²) in [5.74, 6) is 3.72. The van der Waals surface area contributed by atoms with Crippen molar-refractivity contribution in [1.29, 1.82) is 0 Å². The molecular formula is C36H39AlGe. The quantitative estimate of drug-likeness (QED) is 0.168. The van der Waals surface area contributed by atoms with Gasteiger partial charge in [0.25, 0.3) is 0 Å². The molecule has 4 aromatic carbocycles. The molecule has 0 nitrogen and oxygen atoms in total. The van der Waals surface area contributed by atoms with Crippen LogP contribution in [0.15, 0.2) is 125 Å². The molecule has 0 aliphatic heterocycles. The van der Waals surface area contributed by atoms with Crippen molar-refractivity contribution < 1.29 is 0 Å². The van der Waals surface area contributed by atoms with Crippen molar-refractivity contribution in [2.75, 3.05) is 0 Å². The van der Waals surface area contributed by atoms with Crippen molar-refractivity contribution in [2.45, 2.75) is 50.1 Å². The van der Waals surface area contributed by atoms with Crippen LogP contribution in [0.5, 0.6) is 0 Å². The van der Waals surface area contributed by atoms with Crippen LogP contribution in [0.25, 0.3) is 6.08 Å². The van der Waals surface area contributed by atoms with Crippen LogP contribution < -0.4 is 8.79 Å². The maximum atomic E-state index is 4.13. The third-order valence-electron chi connectivity index (χ3n) is 7.18. The van der Waals surface area contributed by atoms with E-state index in [9.17, 15) is 0 Å². The van der Waals surface area contributed by atoms with E-state index in [1.807, 2.05) is 0 Å². The fourth-order valence-corrected chi connectivity index (χ4v) is 29.1. The van der Waals surface area contributed by atoms with Gasteiger partial charge in [0.1, 0.15) is 0 Å². The van der Waals surface area contributed by atoms with Crippen LogP contribution in [-0.4, -0.2) is 27.4 Å².